The van der Waals surface area contributed by atoms with Gasteiger partial charge in [-0.25, -0.2) is 13.4 Å². The number of sulfone groups is 1. The fourth-order valence-electron chi connectivity index (χ4n) is 2.32. The van der Waals surface area contributed by atoms with Gasteiger partial charge in [0, 0.05) is 5.39 Å². The first-order valence-corrected chi connectivity index (χ1v) is 8.26. The molecule has 1 aromatic heterocycles. The minimum atomic E-state index is -4.87. The zero-order chi connectivity index (χ0) is 17.5. The molecule has 0 spiro atoms. The van der Waals surface area contributed by atoms with Crippen LogP contribution in [0.3, 0.4) is 0 Å². The summed E-state index contributed by atoms with van der Waals surface area (Å²) in [7, 11) is -4.45. The number of nitrogens with zero attached hydrogens (tertiary/aromatic N) is 1. The molecule has 0 fully saturated rings. The number of alkyl halides is 3. The third kappa shape index (κ3) is 2.69. The van der Waals surface area contributed by atoms with E-state index in [0.29, 0.717) is 0 Å². The largest absolute Gasteiger partial charge is 0.419 e. The summed E-state index contributed by atoms with van der Waals surface area (Å²) in [6.45, 7) is 0. The van der Waals surface area contributed by atoms with Crippen molar-refractivity contribution in [2.75, 3.05) is 5.73 Å². The minimum Gasteiger partial charge on any atom is -0.397 e. The lowest BCUT2D eigenvalue weighted by atomic mass is 10.1. The number of nitrogen functional groups attached to an aromatic ring is 1. The molecular formula is C16H11F3N2O2S. The second-order valence-corrected chi connectivity index (χ2v) is 6.94. The molecule has 1 heterocycles. The normalized spacial score (nSPS) is 12.5. The quantitative estimate of drug-likeness (QED) is 0.714. The Labute approximate surface area is 135 Å². The lowest BCUT2D eigenvalue weighted by Gasteiger charge is -2.14. The predicted octanol–water partition coefficient (Wildman–Crippen LogP) is 3.67. The van der Waals surface area contributed by atoms with Crippen LogP contribution in [-0.2, 0) is 16.0 Å². The third-order valence-electron chi connectivity index (χ3n) is 3.46. The van der Waals surface area contributed by atoms with Crippen LogP contribution in [0.15, 0.2) is 64.5 Å². The lowest BCUT2D eigenvalue weighted by molar-refractivity contribution is -0.140. The van der Waals surface area contributed by atoms with Gasteiger partial charge in [-0.2, -0.15) is 13.2 Å². The van der Waals surface area contributed by atoms with Crippen molar-refractivity contribution in [1.29, 1.82) is 0 Å². The second-order valence-electron chi connectivity index (χ2n) is 5.07. The molecular weight excluding hydrogens is 341 g/mol. The highest BCUT2D eigenvalue weighted by atomic mass is 32.2. The monoisotopic (exact) mass is 352 g/mol. The first kappa shape index (κ1) is 16.3. The maximum absolute atomic E-state index is 13.4. The molecule has 3 aromatic rings. The van der Waals surface area contributed by atoms with Crippen LogP contribution < -0.4 is 5.73 Å². The molecule has 0 radical (unpaired) electrons. The van der Waals surface area contributed by atoms with Crippen molar-refractivity contribution < 1.29 is 21.6 Å². The average molecular weight is 352 g/mol. The SMILES string of the molecule is Nc1cccc2cc(C(F)(F)F)c(S(=O)(=O)c3ccccc3)nc12. The van der Waals surface area contributed by atoms with Gasteiger partial charge in [-0.15, -0.1) is 0 Å². The first-order valence-electron chi connectivity index (χ1n) is 6.78. The third-order valence-corrected chi connectivity index (χ3v) is 5.17. The molecule has 3 rings (SSSR count). The Morgan fingerprint density at radius 1 is 0.958 bits per heavy atom. The van der Waals surface area contributed by atoms with Gasteiger partial charge in [-0.05, 0) is 24.3 Å². The van der Waals surface area contributed by atoms with Gasteiger partial charge in [0.2, 0.25) is 9.84 Å². The van der Waals surface area contributed by atoms with Gasteiger partial charge in [0.1, 0.15) is 0 Å². The molecule has 0 bridgehead atoms. The van der Waals surface area contributed by atoms with E-state index in [1.807, 2.05) is 0 Å². The number of anilines is 1. The molecule has 2 N–H and O–H groups in total. The molecule has 0 saturated heterocycles. The van der Waals surface area contributed by atoms with Crippen molar-refractivity contribution in [2.24, 2.45) is 0 Å². The van der Waals surface area contributed by atoms with Gasteiger partial charge in [0.05, 0.1) is 21.7 Å². The maximum Gasteiger partial charge on any atom is 0.419 e. The Balaban J connectivity index is 2.40. The number of fused-ring (bicyclic) bond motifs is 1. The Morgan fingerprint density at radius 2 is 1.62 bits per heavy atom. The fraction of sp³-hybridized carbons (Fsp3) is 0.0625. The summed E-state index contributed by atoms with van der Waals surface area (Å²) in [6, 6.07) is 11.9. The smallest absolute Gasteiger partial charge is 0.397 e. The number of halogens is 3. The standard InChI is InChI=1S/C16H11F3N2O2S/c17-16(18,19)12-9-10-5-4-8-13(20)14(10)21-15(12)24(22,23)11-6-2-1-3-7-11/h1-9H,20H2. The molecule has 0 atom stereocenters. The van der Waals surface area contributed by atoms with E-state index in [9.17, 15) is 21.6 Å². The maximum atomic E-state index is 13.4. The second kappa shape index (κ2) is 5.48. The number of aromatic nitrogens is 1. The molecule has 0 unspecified atom stereocenters. The predicted molar refractivity (Wildman–Crippen MR) is 83.1 cm³/mol. The molecule has 2 aromatic carbocycles. The van der Waals surface area contributed by atoms with E-state index in [-0.39, 0.29) is 21.5 Å². The Bertz CT molecular complexity index is 1020. The number of pyridine rings is 1. The number of para-hydroxylation sites is 1. The van der Waals surface area contributed by atoms with Crippen molar-refractivity contribution in [3.8, 4) is 0 Å². The molecule has 0 aliphatic carbocycles. The molecule has 0 saturated carbocycles. The fourth-order valence-corrected chi connectivity index (χ4v) is 3.74. The van der Waals surface area contributed by atoms with Gasteiger partial charge < -0.3 is 5.73 Å². The van der Waals surface area contributed by atoms with E-state index in [1.54, 1.807) is 6.07 Å². The highest BCUT2D eigenvalue weighted by Crippen LogP contribution is 2.37. The van der Waals surface area contributed by atoms with E-state index in [1.165, 1.54) is 42.5 Å². The van der Waals surface area contributed by atoms with Crippen LogP contribution >= 0.6 is 0 Å². The summed E-state index contributed by atoms with van der Waals surface area (Å²) in [5.41, 5.74) is 4.53. The number of nitrogens with two attached hydrogens (primary N) is 1. The van der Waals surface area contributed by atoms with Crippen LogP contribution in [0.25, 0.3) is 10.9 Å². The van der Waals surface area contributed by atoms with Crippen LogP contribution in [-0.4, -0.2) is 13.4 Å². The van der Waals surface area contributed by atoms with Crippen molar-refractivity contribution in [1.82, 2.24) is 4.98 Å². The number of rotatable bonds is 2. The van der Waals surface area contributed by atoms with Gasteiger partial charge in [0.15, 0.2) is 5.03 Å². The summed E-state index contributed by atoms with van der Waals surface area (Å²) in [5.74, 6) is 0. The number of benzene rings is 2. The van der Waals surface area contributed by atoms with Crippen LogP contribution in [0.2, 0.25) is 0 Å². The van der Waals surface area contributed by atoms with Crippen molar-refractivity contribution >= 4 is 26.4 Å². The van der Waals surface area contributed by atoms with Crippen LogP contribution in [0, 0.1) is 0 Å². The highest BCUT2D eigenvalue weighted by Gasteiger charge is 2.39. The van der Waals surface area contributed by atoms with Crippen molar-refractivity contribution in [3.63, 3.8) is 0 Å². The molecule has 4 nitrogen and oxygen atoms in total. The zero-order valence-electron chi connectivity index (χ0n) is 12.1. The van der Waals surface area contributed by atoms with Crippen molar-refractivity contribution in [3.05, 3.63) is 60.2 Å². The van der Waals surface area contributed by atoms with E-state index in [2.05, 4.69) is 4.98 Å². The van der Waals surface area contributed by atoms with E-state index >= 15 is 0 Å². The Kier molecular flexibility index (Phi) is 3.71. The molecule has 8 heteroatoms. The van der Waals surface area contributed by atoms with E-state index in [4.69, 9.17) is 5.73 Å². The van der Waals surface area contributed by atoms with Gasteiger partial charge in [0.25, 0.3) is 0 Å². The minimum absolute atomic E-state index is 0.0139. The van der Waals surface area contributed by atoms with Gasteiger partial charge in [-0.3, -0.25) is 0 Å². The number of hydrogen-bond donors (Lipinski definition) is 1. The summed E-state index contributed by atoms with van der Waals surface area (Å²) in [4.78, 5) is 3.49. The van der Waals surface area contributed by atoms with E-state index in [0.717, 1.165) is 6.07 Å². The molecule has 0 amide bonds. The summed E-state index contributed by atoms with van der Waals surface area (Å²) >= 11 is 0. The average Bonchev–Trinajstić information content (AvgIpc) is 2.54. The Hall–Kier alpha value is -2.61. The Morgan fingerprint density at radius 3 is 2.25 bits per heavy atom. The van der Waals surface area contributed by atoms with Crippen LogP contribution in [0.5, 0.6) is 0 Å². The molecule has 24 heavy (non-hydrogen) atoms. The zero-order valence-corrected chi connectivity index (χ0v) is 12.9. The van der Waals surface area contributed by atoms with Gasteiger partial charge >= 0.3 is 6.18 Å². The summed E-state index contributed by atoms with van der Waals surface area (Å²) in [5, 5.41) is -0.930. The van der Waals surface area contributed by atoms with Crippen LogP contribution in [0.4, 0.5) is 18.9 Å². The molecule has 0 aliphatic rings. The topological polar surface area (TPSA) is 73.1 Å². The molecule has 0 aliphatic heterocycles. The summed E-state index contributed by atoms with van der Waals surface area (Å²) < 4.78 is 65.5. The van der Waals surface area contributed by atoms with Crippen molar-refractivity contribution in [2.45, 2.75) is 16.1 Å². The van der Waals surface area contributed by atoms with Gasteiger partial charge in [-0.1, -0.05) is 30.3 Å². The van der Waals surface area contributed by atoms with Crippen LogP contribution in [0.1, 0.15) is 5.56 Å². The highest BCUT2D eigenvalue weighted by molar-refractivity contribution is 7.91. The number of hydrogen-bond acceptors (Lipinski definition) is 4. The summed E-state index contributed by atoms with van der Waals surface area (Å²) in [6.07, 6.45) is -4.87. The molecule has 124 valence electrons. The van der Waals surface area contributed by atoms with E-state index < -0.39 is 26.6 Å². The first-order chi connectivity index (χ1) is 11.2. The lowest BCUT2D eigenvalue weighted by Crippen LogP contribution is -2.16.